The van der Waals surface area contributed by atoms with Gasteiger partial charge in [-0.25, -0.2) is 0 Å². The van der Waals surface area contributed by atoms with Crippen LogP contribution in [0.4, 0.5) is 0 Å². The van der Waals surface area contributed by atoms with Crippen molar-refractivity contribution < 1.29 is 4.80 Å². The maximum absolute atomic E-state index is 11.0. The third kappa shape index (κ3) is 4.63. The van der Waals surface area contributed by atoms with Crippen LogP contribution in [0.25, 0.3) is 0 Å². The molecule has 18 heavy (non-hydrogen) atoms. The lowest BCUT2D eigenvalue weighted by Gasteiger charge is -2.23. The quantitative estimate of drug-likeness (QED) is 0.584. The van der Waals surface area contributed by atoms with Gasteiger partial charge in [0.25, 0.3) is 0 Å². The molecule has 98 valence electrons. The molecular weight excluding hydrogens is 236 g/mol. The second-order valence-corrected chi connectivity index (χ2v) is 8.02. The Labute approximate surface area is 112 Å². The Kier molecular flexibility index (Phi) is 6.69. The van der Waals surface area contributed by atoms with Gasteiger partial charge in [0.15, 0.2) is 0 Å². The molecule has 0 aliphatic carbocycles. The third-order valence-corrected chi connectivity index (χ3v) is 6.26. The van der Waals surface area contributed by atoms with Gasteiger partial charge in [0, 0.05) is 0 Å². The van der Waals surface area contributed by atoms with Gasteiger partial charge < -0.3 is 4.80 Å². The Hall–Kier alpha value is -1.12. The van der Waals surface area contributed by atoms with Gasteiger partial charge in [0.2, 0.25) is 8.32 Å². The van der Waals surface area contributed by atoms with E-state index in [2.05, 4.69) is 50.3 Å². The van der Waals surface area contributed by atoms with Crippen molar-refractivity contribution in [3.05, 3.63) is 54.6 Å². The minimum absolute atomic E-state index is 0.804. The van der Waals surface area contributed by atoms with E-state index in [4.69, 9.17) is 0 Å². The van der Waals surface area contributed by atoms with Crippen molar-refractivity contribution in [1.29, 1.82) is 0 Å². The first-order valence-electron chi connectivity index (χ1n) is 6.81. The second-order valence-electron chi connectivity index (χ2n) is 4.57. The van der Waals surface area contributed by atoms with Crippen LogP contribution < -0.4 is 5.19 Å². The number of hydrogen-bond donors (Lipinski definition) is 1. The summed E-state index contributed by atoms with van der Waals surface area (Å²) in [5.41, 5.74) is 0. The van der Waals surface area contributed by atoms with Gasteiger partial charge in [0.05, 0.1) is 0 Å². The van der Waals surface area contributed by atoms with E-state index >= 15 is 0 Å². The highest BCUT2D eigenvalue weighted by Gasteiger charge is 2.30. The summed E-state index contributed by atoms with van der Waals surface area (Å²) in [6, 6.07) is 11.8. The van der Waals surface area contributed by atoms with E-state index in [1.807, 2.05) is 18.2 Å². The topological polar surface area (TPSA) is 20.2 Å². The SMILES string of the molecule is CC/C=C/C[Si](O)(C/C=C/CC)c1ccccc1. The highest BCUT2D eigenvalue weighted by atomic mass is 28.4. The van der Waals surface area contributed by atoms with E-state index in [1.54, 1.807) is 0 Å². The van der Waals surface area contributed by atoms with Crippen molar-refractivity contribution in [3.8, 4) is 0 Å². The van der Waals surface area contributed by atoms with E-state index in [9.17, 15) is 4.80 Å². The first-order chi connectivity index (χ1) is 8.73. The average Bonchev–Trinajstić information content (AvgIpc) is 2.40. The third-order valence-electron chi connectivity index (χ3n) is 3.03. The predicted molar refractivity (Wildman–Crippen MR) is 82.5 cm³/mol. The minimum Gasteiger partial charge on any atom is -0.427 e. The molecule has 0 fully saturated rings. The molecule has 1 N–H and O–H groups in total. The van der Waals surface area contributed by atoms with Crippen molar-refractivity contribution in [2.75, 3.05) is 0 Å². The van der Waals surface area contributed by atoms with Crippen LogP contribution in [-0.2, 0) is 0 Å². The fourth-order valence-corrected chi connectivity index (χ4v) is 4.52. The van der Waals surface area contributed by atoms with E-state index in [-0.39, 0.29) is 0 Å². The summed E-state index contributed by atoms with van der Waals surface area (Å²) < 4.78 is 0. The maximum atomic E-state index is 11.0. The molecule has 0 aliphatic rings. The predicted octanol–water partition coefficient (Wildman–Crippen LogP) is 3.76. The summed E-state index contributed by atoms with van der Waals surface area (Å²) >= 11 is 0. The maximum Gasteiger partial charge on any atom is 0.227 e. The van der Waals surface area contributed by atoms with Gasteiger partial charge in [-0.2, -0.15) is 0 Å². The van der Waals surface area contributed by atoms with Gasteiger partial charge in [-0.05, 0) is 30.1 Å². The molecule has 0 aliphatic heterocycles. The standard InChI is InChI=1S/C16H24OSi/c1-3-5-10-14-18(17,15-11-6-4-2)16-12-8-7-9-13-16/h5-13,17H,3-4,14-15H2,1-2H3/b10-5+,11-6+. The lowest BCUT2D eigenvalue weighted by atomic mass is 10.4. The van der Waals surface area contributed by atoms with Crippen molar-refractivity contribution in [1.82, 2.24) is 0 Å². The summed E-state index contributed by atoms with van der Waals surface area (Å²) in [7, 11) is -2.37. The molecule has 0 aromatic heterocycles. The zero-order chi connectivity index (χ0) is 13.3. The van der Waals surface area contributed by atoms with Gasteiger partial charge >= 0.3 is 0 Å². The van der Waals surface area contributed by atoms with Crippen LogP contribution in [0.2, 0.25) is 12.1 Å². The van der Waals surface area contributed by atoms with Gasteiger partial charge in [-0.15, -0.1) is 0 Å². The Morgan fingerprint density at radius 1 is 0.889 bits per heavy atom. The van der Waals surface area contributed by atoms with Crippen molar-refractivity contribution in [2.45, 2.75) is 38.8 Å². The molecule has 0 unspecified atom stereocenters. The molecular formula is C16H24OSi. The van der Waals surface area contributed by atoms with Crippen LogP contribution >= 0.6 is 0 Å². The number of allylic oxidation sites excluding steroid dienone is 4. The first-order valence-corrected chi connectivity index (χ1v) is 9.17. The molecule has 0 heterocycles. The molecule has 1 aromatic carbocycles. The van der Waals surface area contributed by atoms with Crippen LogP contribution in [-0.4, -0.2) is 13.1 Å². The van der Waals surface area contributed by atoms with Crippen LogP contribution in [0.5, 0.6) is 0 Å². The molecule has 0 saturated heterocycles. The Bertz CT molecular complexity index is 365. The van der Waals surface area contributed by atoms with Gasteiger partial charge in [0.1, 0.15) is 0 Å². The summed E-state index contributed by atoms with van der Waals surface area (Å²) in [4.78, 5) is 11.0. The Balaban J connectivity index is 2.86. The van der Waals surface area contributed by atoms with Crippen LogP contribution in [0, 0.1) is 0 Å². The minimum atomic E-state index is -2.37. The smallest absolute Gasteiger partial charge is 0.227 e. The van der Waals surface area contributed by atoms with E-state index < -0.39 is 8.32 Å². The zero-order valence-electron chi connectivity index (χ0n) is 11.5. The van der Waals surface area contributed by atoms with E-state index in [0.717, 1.165) is 30.1 Å². The molecule has 0 saturated carbocycles. The fraction of sp³-hybridized carbons (Fsp3) is 0.375. The van der Waals surface area contributed by atoms with Crippen molar-refractivity contribution in [2.24, 2.45) is 0 Å². The van der Waals surface area contributed by atoms with Crippen LogP contribution in [0.15, 0.2) is 54.6 Å². The van der Waals surface area contributed by atoms with Crippen LogP contribution in [0.1, 0.15) is 26.7 Å². The largest absolute Gasteiger partial charge is 0.427 e. The lowest BCUT2D eigenvalue weighted by molar-refractivity contribution is 0.556. The summed E-state index contributed by atoms with van der Waals surface area (Å²) in [6.45, 7) is 4.24. The molecule has 0 bridgehead atoms. The molecule has 0 atom stereocenters. The molecule has 2 heteroatoms. The normalized spacial score (nSPS) is 12.6. The molecule has 0 radical (unpaired) electrons. The van der Waals surface area contributed by atoms with Crippen molar-refractivity contribution >= 4 is 13.5 Å². The highest BCUT2D eigenvalue weighted by molar-refractivity contribution is 6.86. The Morgan fingerprint density at radius 3 is 1.83 bits per heavy atom. The van der Waals surface area contributed by atoms with E-state index in [1.165, 1.54) is 0 Å². The monoisotopic (exact) mass is 260 g/mol. The molecule has 0 spiro atoms. The molecule has 0 amide bonds. The number of rotatable bonds is 7. The Morgan fingerprint density at radius 2 is 1.39 bits per heavy atom. The van der Waals surface area contributed by atoms with Crippen LogP contribution in [0.3, 0.4) is 0 Å². The summed E-state index contributed by atoms with van der Waals surface area (Å²) in [5, 5.41) is 1.13. The summed E-state index contributed by atoms with van der Waals surface area (Å²) in [6.07, 6.45) is 10.6. The van der Waals surface area contributed by atoms with E-state index in [0.29, 0.717) is 0 Å². The van der Waals surface area contributed by atoms with Crippen molar-refractivity contribution in [3.63, 3.8) is 0 Å². The summed E-state index contributed by atoms with van der Waals surface area (Å²) in [5.74, 6) is 0. The second kappa shape index (κ2) is 8.06. The zero-order valence-corrected chi connectivity index (χ0v) is 12.5. The molecule has 1 rings (SSSR count). The number of benzene rings is 1. The molecule has 1 nitrogen and oxygen atoms in total. The fourth-order valence-electron chi connectivity index (χ4n) is 1.96. The highest BCUT2D eigenvalue weighted by Crippen LogP contribution is 2.15. The van der Waals surface area contributed by atoms with Gasteiger partial charge in [-0.1, -0.05) is 68.5 Å². The number of hydrogen-bond acceptors (Lipinski definition) is 1. The first kappa shape index (κ1) is 14.9. The average molecular weight is 260 g/mol. The lowest BCUT2D eigenvalue weighted by Crippen LogP contribution is -2.47. The van der Waals surface area contributed by atoms with Gasteiger partial charge in [-0.3, -0.25) is 0 Å². The molecule has 1 aromatic rings.